The molecule has 3 aromatic rings. The van der Waals surface area contributed by atoms with Gasteiger partial charge in [0.25, 0.3) is 5.91 Å². The lowest BCUT2D eigenvalue weighted by atomic mass is 10.1. The number of hydrogen-bond acceptors (Lipinski definition) is 5. The molecular formula is C27H26N2O4S. The monoisotopic (exact) mass is 474 g/mol. The Balaban J connectivity index is 1.44. The van der Waals surface area contributed by atoms with Crippen molar-refractivity contribution in [1.82, 2.24) is 4.90 Å². The first kappa shape index (κ1) is 23.6. The van der Waals surface area contributed by atoms with Gasteiger partial charge in [-0.1, -0.05) is 42.5 Å². The largest absolute Gasteiger partial charge is 0.462 e. The molecule has 0 aliphatic carbocycles. The van der Waals surface area contributed by atoms with Gasteiger partial charge in [0, 0.05) is 17.8 Å². The molecular weight excluding hydrogens is 448 g/mol. The van der Waals surface area contributed by atoms with E-state index in [2.05, 4.69) is 5.32 Å². The van der Waals surface area contributed by atoms with Crippen LogP contribution >= 0.6 is 11.8 Å². The minimum atomic E-state index is -0.386. The van der Waals surface area contributed by atoms with Crippen molar-refractivity contribution in [3.05, 3.63) is 101 Å². The zero-order valence-corrected chi connectivity index (χ0v) is 19.9. The van der Waals surface area contributed by atoms with E-state index in [4.69, 9.17) is 4.74 Å². The highest BCUT2D eigenvalue weighted by Gasteiger charge is 2.32. The van der Waals surface area contributed by atoms with Crippen molar-refractivity contribution < 1.29 is 19.1 Å². The molecule has 4 rings (SSSR count). The summed E-state index contributed by atoms with van der Waals surface area (Å²) in [6, 6.07) is 22.3. The number of anilines is 1. The predicted molar refractivity (Wildman–Crippen MR) is 134 cm³/mol. The van der Waals surface area contributed by atoms with Crippen LogP contribution in [-0.2, 0) is 16.1 Å². The summed E-state index contributed by atoms with van der Waals surface area (Å²) in [5, 5.41) is 2.82. The van der Waals surface area contributed by atoms with Crippen LogP contribution in [0.2, 0.25) is 0 Å². The summed E-state index contributed by atoms with van der Waals surface area (Å²) in [4.78, 5) is 39.1. The fourth-order valence-corrected chi connectivity index (χ4v) is 5.01. The summed E-state index contributed by atoms with van der Waals surface area (Å²) in [5.41, 5.74) is 4.44. The Labute approximate surface area is 203 Å². The smallest absolute Gasteiger partial charge is 0.338 e. The quantitative estimate of drug-likeness (QED) is 0.477. The normalized spacial score (nSPS) is 15.3. The van der Waals surface area contributed by atoms with Crippen LogP contribution in [0.4, 0.5) is 5.69 Å². The highest BCUT2D eigenvalue weighted by molar-refractivity contribution is 8.00. The lowest BCUT2D eigenvalue weighted by Crippen LogP contribution is -2.27. The highest BCUT2D eigenvalue weighted by Crippen LogP contribution is 2.39. The van der Waals surface area contributed by atoms with E-state index in [1.165, 1.54) is 0 Å². The van der Waals surface area contributed by atoms with E-state index >= 15 is 0 Å². The molecule has 0 saturated carbocycles. The summed E-state index contributed by atoms with van der Waals surface area (Å²) in [6.45, 7) is 4.45. The second kappa shape index (κ2) is 10.6. The van der Waals surface area contributed by atoms with Gasteiger partial charge < -0.3 is 15.0 Å². The summed E-state index contributed by atoms with van der Waals surface area (Å²) in [7, 11) is 0. The number of nitrogens with zero attached hydrogens (tertiary/aromatic N) is 1. The fourth-order valence-electron chi connectivity index (χ4n) is 3.82. The molecule has 0 aromatic heterocycles. The van der Waals surface area contributed by atoms with Crippen molar-refractivity contribution in [1.29, 1.82) is 0 Å². The molecule has 6 nitrogen and oxygen atoms in total. The van der Waals surface area contributed by atoms with Crippen molar-refractivity contribution >= 4 is 35.2 Å². The SMILES string of the molecule is CCOC(=O)c1ccc(NC(=O)c2ccc([C@H]3SCC(=O)N3Cc3ccccc3)cc2)c(C)c1. The minimum Gasteiger partial charge on any atom is -0.462 e. The van der Waals surface area contributed by atoms with Gasteiger partial charge in [-0.15, -0.1) is 11.8 Å². The topological polar surface area (TPSA) is 75.7 Å². The third-order valence-electron chi connectivity index (χ3n) is 5.61. The predicted octanol–water partition coefficient (Wildman–Crippen LogP) is 5.20. The summed E-state index contributed by atoms with van der Waals surface area (Å²) in [5.74, 6) is -0.0678. The van der Waals surface area contributed by atoms with Gasteiger partial charge in [0.15, 0.2) is 0 Å². The van der Waals surface area contributed by atoms with E-state index in [0.29, 0.717) is 35.7 Å². The molecule has 174 valence electrons. The average Bonchev–Trinajstić information content (AvgIpc) is 3.21. The van der Waals surface area contributed by atoms with Crippen LogP contribution in [0.5, 0.6) is 0 Å². The molecule has 0 unspecified atom stereocenters. The van der Waals surface area contributed by atoms with E-state index in [9.17, 15) is 14.4 Å². The molecule has 0 bridgehead atoms. The first-order valence-electron chi connectivity index (χ1n) is 11.1. The van der Waals surface area contributed by atoms with E-state index in [1.807, 2.05) is 54.3 Å². The summed E-state index contributed by atoms with van der Waals surface area (Å²) >= 11 is 1.59. The number of benzene rings is 3. The van der Waals surface area contributed by atoms with E-state index in [-0.39, 0.29) is 23.2 Å². The van der Waals surface area contributed by atoms with Crippen LogP contribution < -0.4 is 5.32 Å². The Kier molecular flexibility index (Phi) is 7.33. The Morgan fingerprint density at radius 3 is 2.41 bits per heavy atom. The first-order chi connectivity index (χ1) is 16.5. The van der Waals surface area contributed by atoms with Crippen molar-refractivity contribution in [3.63, 3.8) is 0 Å². The molecule has 1 aliphatic rings. The van der Waals surface area contributed by atoms with Crippen molar-refractivity contribution in [2.75, 3.05) is 17.7 Å². The summed E-state index contributed by atoms with van der Waals surface area (Å²) in [6.07, 6.45) is 0. The number of nitrogens with one attached hydrogen (secondary N) is 1. The van der Waals surface area contributed by atoms with E-state index in [1.54, 1.807) is 49.0 Å². The van der Waals surface area contributed by atoms with Gasteiger partial charge in [0.1, 0.15) is 5.37 Å². The van der Waals surface area contributed by atoms with E-state index < -0.39 is 0 Å². The standard InChI is InChI=1S/C27H26N2O4S/c1-3-33-27(32)22-13-14-23(18(2)15-22)28-25(31)20-9-11-21(12-10-20)26-29(24(30)17-34-26)16-19-7-5-4-6-8-19/h4-15,26H,3,16-17H2,1-2H3,(H,28,31)/t26-/m1/s1. The lowest BCUT2D eigenvalue weighted by molar-refractivity contribution is -0.128. The van der Waals surface area contributed by atoms with Crippen molar-refractivity contribution in [2.24, 2.45) is 0 Å². The number of esters is 1. The maximum absolute atomic E-state index is 12.8. The number of ether oxygens (including phenoxy) is 1. The number of aryl methyl sites for hydroxylation is 1. The fraction of sp³-hybridized carbons (Fsp3) is 0.222. The van der Waals surface area contributed by atoms with Gasteiger partial charge in [-0.2, -0.15) is 0 Å². The van der Waals surface area contributed by atoms with Gasteiger partial charge >= 0.3 is 5.97 Å². The van der Waals surface area contributed by atoms with Crippen LogP contribution in [0.1, 0.15) is 49.7 Å². The molecule has 7 heteroatoms. The van der Waals surface area contributed by atoms with Crippen LogP contribution in [0.25, 0.3) is 0 Å². The van der Waals surface area contributed by atoms with Crippen molar-refractivity contribution in [3.8, 4) is 0 Å². The van der Waals surface area contributed by atoms with Gasteiger partial charge in [-0.05, 0) is 60.9 Å². The number of carbonyl (C=O) groups is 3. The van der Waals surface area contributed by atoms with E-state index in [0.717, 1.165) is 16.7 Å². The van der Waals surface area contributed by atoms with Gasteiger partial charge in [-0.3, -0.25) is 9.59 Å². The molecule has 1 fully saturated rings. The number of carbonyl (C=O) groups excluding carboxylic acids is 3. The maximum atomic E-state index is 12.8. The van der Waals surface area contributed by atoms with Crippen LogP contribution in [0.3, 0.4) is 0 Å². The van der Waals surface area contributed by atoms with Crippen molar-refractivity contribution in [2.45, 2.75) is 25.8 Å². The molecule has 0 radical (unpaired) electrons. The molecule has 34 heavy (non-hydrogen) atoms. The Morgan fingerprint density at radius 1 is 1.03 bits per heavy atom. The van der Waals surface area contributed by atoms with Crippen LogP contribution in [0, 0.1) is 6.92 Å². The molecule has 1 aliphatic heterocycles. The molecule has 1 N–H and O–H groups in total. The number of amides is 2. The van der Waals surface area contributed by atoms with Crippen LogP contribution in [0.15, 0.2) is 72.8 Å². The molecule has 1 atom stereocenters. The third kappa shape index (κ3) is 5.31. The van der Waals surface area contributed by atoms with Crippen LogP contribution in [-0.4, -0.2) is 35.0 Å². The first-order valence-corrected chi connectivity index (χ1v) is 12.1. The van der Waals surface area contributed by atoms with Gasteiger partial charge in [0.05, 0.1) is 17.9 Å². The van der Waals surface area contributed by atoms with Gasteiger partial charge in [0.2, 0.25) is 5.91 Å². The molecule has 2 amide bonds. The Bertz CT molecular complexity index is 1200. The second-order valence-electron chi connectivity index (χ2n) is 8.00. The Hall–Kier alpha value is -3.58. The van der Waals surface area contributed by atoms with Gasteiger partial charge in [-0.25, -0.2) is 4.79 Å². The number of hydrogen-bond donors (Lipinski definition) is 1. The lowest BCUT2D eigenvalue weighted by Gasteiger charge is -2.24. The maximum Gasteiger partial charge on any atom is 0.338 e. The minimum absolute atomic E-state index is 0.0810. The third-order valence-corrected chi connectivity index (χ3v) is 6.86. The second-order valence-corrected chi connectivity index (χ2v) is 9.07. The zero-order chi connectivity index (χ0) is 24.1. The Morgan fingerprint density at radius 2 is 1.74 bits per heavy atom. The highest BCUT2D eigenvalue weighted by atomic mass is 32.2. The number of thioether (sulfide) groups is 1. The average molecular weight is 475 g/mol. The number of rotatable bonds is 7. The molecule has 0 spiro atoms. The zero-order valence-electron chi connectivity index (χ0n) is 19.1. The molecule has 1 saturated heterocycles. The summed E-state index contributed by atoms with van der Waals surface area (Å²) < 4.78 is 5.02. The molecule has 3 aromatic carbocycles. The molecule has 1 heterocycles.